The summed E-state index contributed by atoms with van der Waals surface area (Å²) in [6, 6.07) is 7.67. The van der Waals surface area contributed by atoms with Gasteiger partial charge in [0.2, 0.25) is 5.91 Å². The summed E-state index contributed by atoms with van der Waals surface area (Å²) in [5, 5.41) is 6.93. The lowest BCUT2D eigenvalue weighted by molar-refractivity contribution is -0.117. The molecule has 4 N–H and O–H groups in total. The van der Waals surface area contributed by atoms with Crippen LogP contribution in [0, 0.1) is 17.8 Å². The van der Waals surface area contributed by atoms with Crippen molar-refractivity contribution < 1.29 is 4.79 Å². The summed E-state index contributed by atoms with van der Waals surface area (Å²) < 4.78 is 0. The Morgan fingerprint density at radius 1 is 1.12 bits per heavy atom. The quantitative estimate of drug-likeness (QED) is 0.729. The van der Waals surface area contributed by atoms with Gasteiger partial charge in [0.15, 0.2) is 0 Å². The molecule has 4 aliphatic rings. The third-order valence-corrected chi connectivity index (χ3v) is 6.56. The summed E-state index contributed by atoms with van der Waals surface area (Å²) in [4.78, 5) is 12.4. The number of amides is 1. The molecule has 1 unspecified atom stereocenters. The molecule has 136 valence electrons. The SMILES string of the molecule is CCCC(N)C(=O)Nc1ccccc1NC12CC3CC(CC(C3)C1)C2. The number of hydrogen-bond acceptors (Lipinski definition) is 3. The van der Waals surface area contributed by atoms with Gasteiger partial charge in [-0.2, -0.15) is 0 Å². The van der Waals surface area contributed by atoms with Crippen LogP contribution in [0.1, 0.15) is 58.3 Å². The molecule has 1 amide bonds. The van der Waals surface area contributed by atoms with E-state index < -0.39 is 6.04 Å². The van der Waals surface area contributed by atoms with Crippen molar-refractivity contribution in [1.29, 1.82) is 0 Å². The minimum Gasteiger partial charge on any atom is -0.378 e. The van der Waals surface area contributed by atoms with E-state index in [0.29, 0.717) is 0 Å². The fraction of sp³-hybridized carbons (Fsp3) is 0.667. The highest BCUT2D eigenvalue weighted by molar-refractivity contribution is 5.97. The second-order valence-electron chi connectivity index (χ2n) is 8.75. The third-order valence-electron chi connectivity index (χ3n) is 6.56. The van der Waals surface area contributed by atoms with Gasteiger partial charge in [-0.1, -0.05) is 25.5 Å². The first-order chi connectivity index (χ1) is 12.1. The van der Waals surface area contributed by atoms with Crippen molar-refractivity contribution in [2.45, 2.75) is 69.9 Å². The van der Waals surface area contributed by atoms with E-state index in [4.69, 9.17) is 5.73 Å². The van der Waals surface area contributed by atoms with Gasteiger partial charge in [-0.3, -0.25) is 4.79 Å². The molecule has 0 heterocycles. The number of rotatable bonds is 6. The zero-order valence-electron chi connectivity index (χ0n) is 15.3. The molecule has 4 aliphatic carbocycles. The maximum absolute atomic E-state index is 12.4. The van der Waals surface area contributed by atoms with E-state index in [-0.39, 0.29) is 11.4 Å². The molecule has 1 aromatic rings. The van der Waals surface area contributed by atoms with Crippen molar-refractivity contribution in [3.05, 3.63) is 24.3 Å². The first kappa shape index (κ1) is 16.9. The standard InChI is InChI=1S/C21H31N3O/c1-2-5-17(22)20(25)23-18-6-3-4-7-19(18)24-21-11-14-8-15(12-21)10-16(9-14)13-21/h3-4,6-7,14-17,24H,2,5,8-13,22H2,1H3,(H,23,25). The molecule has 0 aromatic heterocycles. The minimum atomic E-state index is -0.433. The Morgan fingerprint density at radius 3 is 2.24 bits per heavy atom. The van der Waals surface area contributed by atoms with Crippen LogP contribution in [-0.4, -0.2) is 17.5 Å². The van der Waals surface area contributed by atoms with Gasteiger partial charge >= 0.3 is 0 Å². The highest BCUT2D eigenvalue weighted by Gasteiger charge is 2.51. The molecule has 1 aromatic carbocycles. The molecule has 4 nitrogen and oxygen atoms in total. The highest BCUT2D eigenvalue weighted by Crippen LogP contribution is 2.56. The Kier molecular flexibility index (Phi) is 4.48. The van der Waals surface area contributed by atoms with E-state index in [1.54, 1.807) is 0 Å². The van der Waals surface area contributed by atoms with Crippen molar-refractivity contribution in [3.8, 4) is 0 Å². The number of benzene rings is 1. The van der Waals surface area contributed by atoms with Crippen LogP contribution >= 0.6 is 0 Å². The van der Waals surface area contributed by atoms with Crippen LogP contribution < -0.4 is 16.4 Å². The molecular weight excluding hydrogens is 310 g/mol. The zero-order valence-corrected chi connectivity index (χ0v) is 15.3. The molecular formula is C21H31N3O. The van der Waals surface area contributed by atoms with Gasteiger partial charge in [0.1, 0.15) is 0 Å². The number of nitrogens with two attached hydrogens (primary N) is 1. The predicted molar refractivity (Wildman–Crippen MR) is 102 cm³/mol. The van der Waals surface area contributed by atoms with Crippen LogP contribution in [0.3, 0.4) is 0 Å². The molecule has 0 saturated heterocycles. The summed E-state index contributed by atoms with van der Waals surface area (Å²) in [5.41, 5.74) is 8.15. The number of hydrogen-bond donors (Lipinski definition) is 3. The number of carbonyl (C=O) groups excluding carboxylic acids is 1. The van der Waals surface area contributed by atoms with E-state index in [0.717, 1.165) is 42.0 Å². The average molecular weight is 341 g/mol. The molecule has 0 aliphatic heterocycles. The molecule has 0 radical (unpaired) electrons. The van der Waals surface area contributed by atoms with Crippen molar-refractivity contribution in [1.82, 2.24) is 0 Å². The number of carbonyl (C=O) groups is 1. The number of nitrogens with one attached hydrogen (secondary N) is 2. The molecule has 0 spiro atoms. The Bertz CT molecular complexity index is 606. The van der Waals surface area contributed by atoms with Gasteiger partial charge in [-0.15, -0.1) is 0 Å². The average Bonchev–Trinajstić information content (AvgIpc) is 2.55. The number of para-hydroxylation sites is 2. The van der Waals surface area contributed by atoms with Gasteiger partial charge < -0.3 is 16.4 Å². The number of anilines is 2. The van der Waals surface area contributed by atoms with Crippen LogP contribution in [0.25, 0.3) is 0 Å². The maximum Gasteiger partial charge on any atom is 0.241 e. The Hall–Kier alpha value is -1.55. The van der Waals surface area contributed by atoms with E-state index in [2.05, 4.69) is 23.6 Å². The molecule has 5 rings (SSSR count). The van der Waals surface area contributed by atoms with Crippen molar-refractivity contribution >= 4 is 17.3 Å². The van der Waals surface area contributed by atoms with E-state index in [1.807, 2.05) is 18.2 Å². The van der Waals surface area contributed by atoms with Crippen LogP contribution in [-0.2, 0) is 4.79 Å². The molecule has 4 heteroatoms. The highest BCUT2D eigenvalue weighted by atomic mass is 16.2. The van der Waals surface area contributed by atoms with Gasteiger partial charge in [-0.25, -0.2) is 0 Å². The lowest BCUT2D eigenvalue weighted by atomic mass is 9.53. The van der Waals surface area contributed by atoms with Crippen molar-refractivity contribution in [3.63, 3.8) is 0 Å². The van der Waals surface area contributed by atoms with Crippen LogP contribution in [0.4, 0.5) is 11.4 Å². The zero-order chi connectivity index (χ0) is 17.4. The molecule has 4 saturated carbocycles. The summed E-state index contributed by atoms with van der Waals surface area (Å²) in [7, 11) is 0. The first-order valence-electron chi connectivity index (χ1n) is 10.0. The fourth-order valence-corrected chi connectivity index (χ4v) is 5.92. The topological polar surface area (TPSA) is 67.2 Å². The van der Waals surface area contributed by atoms with Gasteiger partial charge in [0, 0.05) is 5.54 Å². The minimum absolute atomic E-state index is 0.0818. The Morgan fingerprint density at radius 2 is 1.68 bits per heavy atom. The monoisotopic (exact) mass is 341 g/mol. The molecule has 4 bridgehead atoms. The lowest BCUT2D eigenvalue weighted by Crippen LogP contribution is -2.54. The maximum atomic E-state index is 12.4. The molecule has 4 fully saturated rings. The summed E-state index contributed by atoms with van der Waals surface area (Å²) >= 11 is 0. The van der Waals surface area contributed by atoms with Crippen molar-refractivity contribution in [2.24, 2.45) is 23.5 Å². The first-order valence-corrected chi connectivity index (χ1v) is 10.0. The third kappa shape index (κ3) is 3.41. The normalized spacial score (nSPS) is 33.9. The molecule has 1 atom stereocenters. The van der Waals surface area contributed by atoms with Gasteiger partial charge in [-0.05, 0) is 74.8 Å². The molecule has 25 heavy (non-hydrogen) atoms. The Balaban J connectivity index is 1.51. The van der Waals surface area contributed by atoms with E-state index in [9.17, 15) is 4.79 Å². The van der Waals surface area contributed by atoms with Crippen LogP contribution in [0.2, 0.25) is 0 Å². The van der Waals surface area contributed by atoms with Gasteiger partial charge in [0.05, 0.1) is 17.4 Å². The Labute approximate surface area is 150 Å². The van der Waals surface area contributed by atoms with Gasteiger partial charge in [0.25, 0.3) is 0 Å². The van der Waals surface area contributed by atoms with E-state index >= 15 is 0 Å². The fourth-order valence-electron chi connectivity index (χ4n) is 5.92. The second kappa shape index (κ2) is 6.64. The summed E-state index contributed by atoms with van der Waals surface area (Å²) in [6.45, 7) is 2.05. The summed E-state index contributed by atoms with van der Waals surface area (Å²) in [5.74, 6) is 2.62. The lowest BCUT2D eigenvalue weighted by Gasteiger charge is -2.57. The predicted octanol–water partition coefficient (Wildman–Crippen LogP) is 4.13. The largest absolute Gasteiger partial charge is 0.378 e. The van der Waals surface area contributed by atoms with Crippen LogP contribution in [0.5, 0.6) is 0 Å². The second-order valence-corrected chi connectivity index (χ2v) is 8.75. The summed E-state index contributed by atoms with van der Waals surface area (Å²) in [6.07, 6.45) is 9.81. The van der Waals surface area contributed by atoms with Crippen LogP contribution in [0.15, 0.2) is 24.3 Å². The van der Waals surface area contributed by atoms with E-state index in [1.165, 1.54) is 38.5 Å². The van der Waals surface area contributed by atoms with Crippen molar-refractivity contribution in [2.75, 3.05) is 10.6 Å². The smallest absolute Gasteiger partial charge is 0.241 e.